The van der Waals surface area contributed by atoms with Crippen LogP contribution in [0.3, 0.4) is 0 Å². The molecule has 2 heterocycles. The molecule has 0 saturated heterocycles. The number of ether oxygens (including phenoxy) is 1. The first-order valence-corrected chi connectivity index (χ1v) is 7.35. The molecule has 0 amide bonds. The highest BCUT2D eigenvalue weighted by Crippen LogP contribution is 2.26. The standard InChI is InChI=1S/C15H25N3O/c1-4-9-16-15(14-8-6-7-10-19-14)13-11-12(5-2)17-18(13)3/h8,11,15-16H,4-7,9-10H2,1-3H3. The Morgan fingerprint density at radius 2 is 2.32 bits per heavy atom. The number of aromatic nitrogens is 2. The van der Waals surface area contributed by atoms with E-state index in [1.807, 2.05) is 11.7 Å². The van der Waals surface area contributed by atoms with E-state index >= 15 is 0 Å². The number of hydrogen-bond acceptors (Lipinski definition) is 3. The summed E-state index contributed by atoms with van der Waals surface area (Å²) in [6.07, 6.45) is 6.53. The van der Waals surface area contributed by atoms with Crippen molar-refractivity contribution in [2.45, 2.75) is 45.6 Å². The Hall–Kier alpha value is -1.29. The summed E-state index contributed by atoms with van der Waals surface area (Å²) in [5.41, 5.74) is 2.33. The second-order valence-corrected chi connectivity index (χ2v) is 5.02. The molecule has 19 heavy (non-hydrogen) atoms. The predicted molar refractivity (Wildman–Crippen MR) is 76.9 cm³/mol. The summed E-state index contributed by atoms with van der Waals surface area (Å²) in [6.45, 7) is 6.13. The van der Waals surface area contributed by atoms with Gasteiger partial charge in [0.1, 0.15) is 11.8 Å². The molecule has 0 bridgehead atoms. The first-order valence-electron chi connectivity index (χ1n) is 7.35. The van der Waals surface area contributed by atoms with Gasteiger partial charge in [-0.15, -0.1) is 0 Å². The van der Waals surface area contributed by atoms with Gasteiger partial charge < -0.3 is 10.1 Å². The molecule has 0 fully saturated rings. The summed E-state index contributed by atoms with van der Waals surface area (Å²) < 4.78 is 7.82. The lowest BCUT2D eigenvalue weighted by atomic mass is 10.1. The van der Waals surface area contributed by atoms with E-state index in [-0.39, 0.29) is 6.04 Å². The minimum atomic E-state index is 0.137. The molecule has 106 valence electrons. The van der Waals surface area contributed by atoms with Crippen LogP contribution in [0.4, 0.5) is 0 Å². The fourth-order valence-corrected chi connectivity index (χ4v) is 2.40. The lowest BCUT2D eigenvalue weighted by molar-refractivity contribution is 0.165. The maximum atomic E-state index is 5.85. The third kappa shape index (κ3) is 3.38. The van der Waals surface area contributed by atoms with E-state index in [9.17, 15) is 0 Å². The van der Waals surface area contributed by atoms with Gasteiger partial charge in [-0.05, 0) is 44.4 Å². The van der Waals surface area contributed by atoms with Crippen molar-refractivity contribution in [1.29, 1.82) is 0 Å². The number of allylic oxidation sites excluding steroid dienone is 1. The van der Waals surface area contributed by atoms with Crippen LogP contribution in [0.25, 0.3) is 0 Å². The number of rotatable bonds is 6. The molecule has 0 aromatic carbocycles. The van der Waals surface area contributed by atoms with Gasteiger partial charge in [-0.1, -0.05) is 13.8 Å². The molecule has 0 aliphatic carbocycles. The van der Waals surface area contributed by atoms with E-state index < -0.39 is 0 Å². The highest BCUT2D eigenvalue weighted by Gasteiger charge is 2.22. The van der Waals surface area contributed by atoms with Crippen LogP contribution in [0.2, 0.25) is 0 Å². The molecule has 0 saturated carbocycles. The third-order valence-corrected chi connectivity index (χ3v) is 3.47. The average Bonchev–Trinajstić information content (AvgIpc) is 2.82. The molecule has 2 rings (SSSR count). The van der Waals surface area contributed by atoms with Crippen molar-refractivity contribution in [3.05, 3.63) is 29.3 Å². The normalized spacial score (nSPS) is 16.9. The summed E-state index contributed by atoms with van der Waals surface area (Å²) >= 11 is 0. The fraction of sp³-hybridized carbons (Fsp3) is 0.667. The number of hydrogen-bond donors (Lipinski definition) is 1. The second-order valence-electron chi connectivity index (χ2n) is 5.02. The van der Waals surface area contributed by atoms with E-state index in [4.69, 9.17) is 4.74 Å². The maximum absolute atomic E-state index is 5.85. The molecule has 0 radical (unpaired) electrons. The van der Waals surface area contributed by atoms with Gasteiger partial charge in [-0.25, -0.2) is 0 Å². The lowest BCUT2D eigenvalue weighted by Gasteiger charge is -2.24. The van der Waals surface area contributed by atoms with Crippen LogP contribution >= 0.6 is 0 Å². The Morgan fingerprint density at radius 1 is 1.47 bits per heavy atom. The van der Waals surface area contributed by atoms with Crippen LogP contribution in [-0.2, 0) is 18.2 Å². The zero-order chi connectivity index (χ0) is 13.7. The van der Waals surface area contributed by atoms with Gasteiger partial charge in [0.2, 0.25) is 0 Å². The first kappa shape index (κ1) is 14.1. The molecule has 1 atom stereocenters. The van der Waals surface area contributed by atoms with Crippen molar-refractivity contribution in [3.8, 4) is 0 Å². The quantitative estimate of drug-likeness (QED) is 0.857. The Balaban J connectivity index is 2.24. The van der Waals surface area contributed by atoms with E-state index in [1.54, 1.807) is 0 Å². The minimum Gasteiger partial charge on any atom is -0.496 e. The molecule has 4 heteroatoms. The molecule has 1 aliphatic heterocycles. The monoisotopic (exact) mass is 263 g/mol. The minimum absolute atomic E-state index is 0.137. The molecule has 1 aromatic heterocycles. The Morgan fingerprint density at radius 3 is 2.89 bits per heavy atom. The van der Waals surface area contributed by atoms with Gasteiger partial charge in [0.25, 0.3) is 0 Å². The zero-order valence-corrected chi connectivity index (χ0v) is 12.3. The molecule has 0 spiro atoms. The van der Waals surface area contributed by atoms with E-state index in [1.165, 1.54) is 5.69 Å². The topological polar surface area (TPSA) is 39.1 Å². The molecular formula is C15H25N3O. The molecule has 4 nitrogen and oxygen atoms in total. The van der Waals surface area contributed by atoms with Gasteiger partial charge in [-0.3, -0.25) is 4.68 Å². The summed E-state index contributed by atoms with van der Waals surface area (Å²) in [5.74, 6) is 1.06. The third-order valence-electron chi connectivity index (χ3n) is 3.47. The Bertz CT molecular complexity index is 437. The summed E-state index contributed by atoms with van der Waals surface area (Å²) in [7, 11) is 2.01. The Labute approximate surface area is 115 Å². The molecule has 1 aliphatic rings. The van der Waals surface area contributed by atoms with Crippen molar-refractivity contribution < 1.29 is 4.74 Å². The van der Waals surface area contributed by atoms with E-state index in [0.717, 1.165) is 50.3 Å². The van der Waals surface area contributed by atoms with Crippen LogP contribution in [0.5, 0.6) is 0 Å². The summed E-state index contributed by atoms with van der Waals surface area (Å²) in [6, 6.07) is 2.32. The Kier molecular flexibility index (Phi) is 5.02. The van der Waals surface area contributed by atoms with Crippen molar-refractivity contribution in [1.82, 2.24) is 15.1 Å². The molecule has 1 unspecified atom stereocenters. The SMILES string of the molecule is CCCNC(C1=CCCCO1)c1cc(CC)nn1C. The molecule has 1 aromatic rings. The zero-order valence-electron chi connectivity index (χ0n) is 12.3. The van der Waals surface area contributed by atoms with Crippen LogP contribution in [0, 0.1) is 0 Å². The maximum Gasteiger partial charge on any atom is 0.115 e. The number of aryl methyl sites for hydroxylation is 2. The number of nitrogens with one attached hydrogen (secondary N) is 1. The van der Waals surface area contributed by atoms with Crippen LogP contribution < -0.4 is 5.32 Å². The van der Waals surface area contributed by atoms with Gasteiger partial charge in [0.05, 0.1) is 18.0 Å². The van der Waals surface area contributed by atoms with Crippen LogP contribution in [0.1, 0.15) is 50.5 Å². The molecule has 1 N–H and O–H groups in total. The molecular weight excluding hydrogens is 238 g/mol. The van der Waals surface area contributed by atoms with Crippen molar-refractivity contribution >= 4 is 0 Å². The van der Waals surface area contributed by atoms with Gasteiger partial charge in [-0.2, -0.15) is 5.10 Å². The lowest BCUT2D eigenvalue weighted by Crippen LogP contribution is -2.28. The largest absolute Gasteiger partial charge is 0.496 e. The summed E-state index contributed by atoms with van der Waals surface area (Å²) in [5, 5.41) is 8.13. The van der Waals surface area contributed by atoms with Gasteiger partial charge >= 0.3 is 0 Å². The van der Waals surface area contributed by atoms with E-state index in [0.29, 0.717) is 0 Å². The van der Waals surface area contributed by atoms with Gasteiger partial charge in [0.15, 0.2) is 0 Å². The highest BCUT2D eigenvalue weighted by molar-refractivity contribution is 5.22. The van der Waals surface area contributed by atoms with Crippen molar-refractivity contribution in [2.75, 3.05) is 13.2 Å². The predicted octanol–water partition coefficient (Wildman–Crippen LogP) is 2.72. The van der Waals surface area contributed by atoms with Crippen molar-refractivity contribution in [2.24, 2.45) is 7.05 Å². The smallest absolute Gasteiger partial charge is 0.115 e. The second kappa shape index (κ2) is 6.75. The fourth-order valence-electron chi connectivity index (χ4n) is 2.40. The number of nitrogens with zero attached hydrogens (tertiary/aromatic N) is 2. The summed E-state index contributed by atoms with van der Waals surface area (Å²) in [4.78, 5) is 0. The highest BCUT2D eigenvalue weighted by atomic mass is 16.5. The van der Waals surface area contributed by atoms with Crippen molar-refractivity contribution in [3.63, 3.8) is 0 Å². The van der Waals surface area contributed by atoms with E-state index in [2.05, 4.69) is 36.4 Å². The average molecular weight is 263 g/mol. The van der Waals surface area contributed by atoms with Crippen LogP contribution in [-0.4, -0.2) is 22.9 Å². The van der Waals surface area contributed by atoms with Gasteiger partial charge in [0, 0.05) is 7.05 Å². The van der Waals surface area contributed by atoms with Crippen LogP contribution in [0.15, 0.2) is 17.9 Å². The first-order chi connectivity index (χ1) is 9.26.